The van der Waals surface area contributed by atoms with E-state index in [-0.39, 0.29) is 0 Å². The lowest BCUT2D eigenvalue weighted by atomic mass is 10.3. The number of nitrogens with two attached hydrogens (primary N) is 1. The fourth-order valence-electron chi connectivity index (χ4n) is 1.56. The third-order valence-electron chi connectivity index (χ3n) is 2.48. The SMILES string of the molecule is Cn1nccc1CCNc1ncc(Cl)cc1N. The van der Waals surface area contributed by atoms with E-state index in [0.29, 0.717) is 16.5 Å². The first-order valence-electron chi connectivity index (χ1n) is 5.28. The van der Waals surface area contributed by atoms with Crippen molar-refractivity contribution in [1.29, 1.82) is 0 Å². The first kappa shape index (κ1) is 11.7. The van der Waals surface area contributed by atoms with Crippen molar-refractivity contribution in [2.24, 2.45) is 7.05 Å². The number of aryl methyl sites for hydroxylation is 1. The molecule has 0 aliphatic heterocycles. The van der Waals surface area contributed by atoms with Crippen LogP contribution in [0.25, 0.3) is 0 Å². The molecule has 5 nitrogen and oxygen atoms in total. The van der Waals surface area contributed by atoms with Crippen LogP contribution in [0.15, 0.2) is 24.5 Å². The molecule has 2 heterocycles. The highest BCUT2D eigenvalue weighted by Gasteiger charge is 2.02. The number of hydrogen-bond acceptors (Lipinski definition) is 4. The van der Waals surface area contributed by atoms with Crippen molar-refractivity contribution in [2.45, 2.75) is 6.42 Å². The minimum atomic E-state index is 0.541. The van der Waals surface area contributed by atoms with Gasteiger partial charge in [0.05, 0.1) is 10.7 Å². The summed E-state index contributed by atoms with van der Waals surface area (Å²) >= 11 is 5.77. The zero-order valence-electron chi connectivity index (χ0n) is 9.52. The highest BCUT2D eigenvalue weighted by Crippen LogP contribution is 2.19. The average molecular weight is 252 g/mol. The summed E-state index contributed by atoms with van der Waals surface area (Å²) in [6.45, 7) is 0.748. The van der Waals surface area contributed by atoms with Crippen LogP contribution in [-0.4, -0.2) is 21.3 Å². The number of aromatic nitrogens is 3. The zero-order chi connectivity index (χ0) is 12.3. The number of halogens is 1. The Morgan fingerprint density at radius 2 is 2.35 bits per heavy atom. The van der Waals surface area contributed by atoms with Gasteiger partial charge in [0.15, 0.2) is 0 Å². The second-order valence-electron chi connectivity index (χ2n) is 3.71. The second-order valence-corrected chi connectivity index (χ2v) is 4.15. The van der Waals surface area contributed by atoms with E-state index in [1.54, 1.807) is 18.5 Å². The summed E-state index contributed by atoms with van der Waals surface area (Å²) in [6, 6.07) is 3.67. The van der Waals surface area contributed by atoms with Crippen molar-refractivity contribution >= 4 is 23.1 Å². The Morgan fingerprint density at radius 3 is 3.00 bits per heavy atom. The number of anilines is 2. The molecule has 0 saturated heterocycles. The lowest BCUT2D eigenvalue weighted by molar-refractivity contribution is 0.711. The highest BCUT2D eigenvalue weighted by molar-refractivity contribution is 6.30. The van der Waals surface area contributed by atoms with Gasteiger partial charge >= 0.3 is 0 Å². The Morgan fingerprint density at radius 1 is 1.53 bits per heavy atom. The van der Waals surface area contributed by atoms with Crippen LogP contribution in [-0.2, 0) is 13.5 Å². The molecule has 90 valence electrons. The molecule has 0 saturated carbocycles. The predicted octanol–water partition coefficient (Wildman–Crippen LogP) is 1.71. The Kier molecular flexibility index (Phi) is 3.49. The lowest BCUT2D eigenvalue weighted by Crippen LogP contribution is -2.10. The molecule has 2 rings (SSSR count). The van der Waals surface area contributed by atoms with Gasteiger partial charge in [0.25, 0.3) is 0 Å². The minimum absolute atomic E-state index is 0.541. The molecule has 2 aromatic rings. The molecule has 0 atom stereocenters. The van der Waals surface area contributed by atoms with Crippen molar-refractivity contribution in [3.63, 3.8) is 0 Å². The molecule has 0 aromatic carbocycles. The van der Waals surface area contributed by atoms with Crippen LogP contribution in [0, 0.1) is 0 Å². The Bertz CT molecular complexity index is 508. The second kappa shape index (κ2) is 5.05. The van der Waals surface area contributed by atoms with Crippen molar-refractivity contribution < 1.29 is 0 Å². The standard InChI is InChI=1S/C11H14ClN5/c1-17-9(3-5-16-17)2-4-14-11-10(13)6-8(12)7-15-11/h3,5-7H,2,4,13H2,1H3,(H,14,15). The summed E-state index contributed by atoms with van der Waals surface area (Å²) in [4.78, 5) is 4.13. The molecule has 0 unspecified atom stereocenters. The molecular weight excluding hydrogens is 238 g/mol. The van der Waals surface area contributed by atoms with Crippen LogP contribution in [0.3, 0.4) is 0 Å². The van der Waals surface area contributed by atoms with Crippen LogP contribution in [0.4, 0.5) is 11.5 Å². The molecule has 0 aliphatic rings. The Labute approximate surface area is 105 Å². The fraction of sp³-hybridized carbons (Fsp3) is 0.273. The molecule has 0 fully saturated rings. The molecule has 17 heavy (non-hydrogen) atoms. The van der Waals surface area contributed by atoms with Crippen LogP contribution >= 0.6 is 11.6 Å². The molecule has 0 radical (unpaired) electrons. The molecule has 3 N–H and O–H groups in total. The maximum absolute atomic E-state index is 5.78. The van der Waals surface area contributed by atoms with Gasteiger partial charge in [-0.25, -0.2) is 4.98 Å². The molecule has 2 aromatic heterocycles. The first-order chi connectivity index (χ1) is 8.16. The monoisotopic (exact) mass is 251 g/mol. The van der Waals surface area contributed by atoms with Gasteiger partial charge in [-0.05, 0) is 12.1 Å². The molecular formula is C11H14ClN5. The van der Waals surface area contributed by atoms with E-state index in [1.165, 1.54) is 0 Å². The Balaban J connectivity index is 1.92. The van der Waals surface area contributed by atoms with Gasteiger partial charge < -0.3 is 11.1 Å². The predicted molar refractivity (Wildman–Crippen MR) is 69.1 cm³/mol. The molecule has 0 amide bonds. The summed E-state index contributed by atoms with van der Waals surface area (Å²) in [5, 5.41) is 7.81. The van der Waals surface area contributed by atoms with Gasteiger partial charge in [0.1, 0.15) is 5.82 Å². The van der Waals surface area contributed by atoms with Gasteiger partial charge in [-0.1, -0.05) is 11.6 Å². The van der Waals surface area contributed by atoms with Crippen molar-refractivity contribution in [3.05, 3.63) is 35.2 Å². The van der Waals surface area contributed by atoms with E-state index in [2.05, 4.69) is 15.4 Å². The average Bonchev–Trinajstić information content (AvgIpc) is 2.68. The van der Waals surface area contributed by atoms with Crippen LogP contribution in [0.5, 0.6) is 0 Å². The van der Waals surface area contributed by atoms with Gasteiger partial charge in [0, 0.05) is 38.1 Å². The maximum atomic E-state index is 5.78. The number of nitrogen functional groups attached to an aromatic ring is 1. The van der Waals surface area contributed by atoms with E-state index in [4.69, 9.17) is 17.3 Å². The van der Waals surface area contributed by atoms with E-state index in [1.807, 2.05) is 17.8 Å². The number of rotatable bonds is 4. The minimum Gasteiger partial charge on any atom is -0.396 e. The van der Waals surface area contributed by atoms with E-state index in [0.717, 1.165) is 18.7 Å². The van der Waals surface area contributed by atoms with Crippen LogP contribution in [0.1, 0.15) is 5.69 Å². The number of pyridine rings is 1. The van der Waals surface area contributed by atoms with Crippen molar-refractivity contribution in [1.82, 2.24) is 14.8 Å². The summed E-state index contributed by atoms with van der Waals surface area (Å²) in [5.41, 5.74) is 7.50. The summed E-state index contributed by atoms with van der Waals surface area (Å²) in [5.74, 6) is 0.663. The molecule has 6 heteroatoms. The van der Waals surface area contributed by atoms with Gasteiger partial charge in [0.2, 0.25) is 0 Å². The van der Waals surface area contributed by atoms with Crippen molar-refractivity contribution in [3.8, 4) is 0 Å². The van der Waals surface area contributed by atoms with E-state index >= 15 is 0 Å². The number of nitrogens with zero attached hydrogens (tertiary/aromatic N) is 3. The summed E-state index contributed by atoms with van der Waals surface area (Å²) < 4.78 is 1.85. The summed E-state index contributed by atoms with van der Waals surface area (Å²) in [6.07, 6.45) is 4.22. The van der Waals surface area contributed by atoms with E-state index < -0.39 is 0 Å². The van der Waals surface area contributed by atoms with Gasteiger partial charge in [-0.15, -0.1) is 0 Å². The number of hydrogen-bond donors (Lipinski definition) is 2. The largest absolute Gasteiger partial charge is 0.396 e. The number of nitrogens with one attached hydrogen (secondary N) is 1. The topological polar surface area (TPSA) is 68.8 Å². The molecule has 0 aliphatic carbocycles. The maximum Gasteiger partial charge on any atom is 0.149 e. The summed E-state index contributed by atoms with van der Waals surface area (Å²) in [7, 11) is 1.92. The first-order valence-corrected chi connectivity index (χ1v) is 5.66. The van der Waals surface area contributed by atoms with Crippen LogP contribution < -0.4 is 11.1 Å². The lowest BCUT2D eigenvalue weighted by Gasteiger charge is -2.08. The van der Waals surface area contributed by atoms with Gasteiger partial charge in [-0.2, -0.15) is 5.10 Å². The van der Waals surface area contributed by atoms with Gasteiger partial charge in [-0.3, -0.25) is 4.68 Å². The Hall–Kier alpha value is -1.75. The third-order valence-corrected chi connectivity index (χ3v) is 2.69. The molecule has 0 bridgehead atoms. The fourth-order valence-corrected chi connectivity index (χ4v) is 1.72. The quantitative estimate of drug-likeness (QED) is 0.868. The van der Waals surface area contributed by atoms with Crippen molar-refractivity contribution in [2.75, 3.05) is 17.6 Å². The van der Waals surface area contributed by atoms with E-state index in [9.17, 15) is 0 Å². The van der Waals surface area contributed by atoms with Crippen LogP contribution in [0.2, 0.25) is 5.02 Å². The third kappa shape index (κ3) is 2.88. The zero-order valence-corrected chi connectivity index (χ0v) is 10.3. The molecule has 0 spiro atoms. The normalized spacial score (nSPS) is 10.5. The smallest absolute Gasteiger partial charge is 0.149 e. The highest BCUT2D eigenvalue weighted by atomic mass is 35.5.